The van der Waals surface area contributed by atoms with E-state index < -0.39 is 4.92 Å². The second-order valence-corrected chi connectivity index (χ2v) is 2.63. The highest BCUT2D eigenvalue weighted by molar-refractivity contribution is 6.08. The molecule has 0 spiro atoms. The summed E-state index contributed by atoms with van der Waals surface area (Å²) in [5.41, 5.74) is 0.813. The summed E-state index contributed by atoms with van der Waals surface area (Å²) in [6.45, 7) is 0. The SMILES string of the molecule is O=C1[CH]c2c(cccc2[N+](=O)[O-])N1. The van der Waals surface area contributed by atoms with Crippen LogP contribution in [0.2, 0.25) is 0 Å². The number of anilines is 1. The highest BCUT2D eigenvalue weighted by Crippen LogP contribution is 2.31. The predicted molar refractivity (Wildman–Crippen MR) is 45.1 cm³/mol. The first kappa shape index (κ1) is 7.72. The van der Waals surface area contributed by atoms with Crippen LogP contribution in [0, 0.1) is 16.5 Å². The van der Waals surface area contributed by atoms with E-state index in [0.29, 0.717) is 11.3 Å². The molecule has 1 amide bonds. The molecule has 5 nitrogen and oxygen atoms in total. The number of benzene rings is 1. The van der Waals surface area contributed by atoms with Crippen molar-refractivity contribution in [2.75, 3.05) is 5.32 Å². The molecule has 5 heteroatoms. The molecular weight excluding hydrogens is 172 g/mol. The van der Waals surface area contributed by atoms with Gasteiger partial charge in [-0.1, -0.05) is 6.07 Å². The van der Waals surface area contributed by atoms with Crippen LogP contribution in [0.3, 0.4) is 0 Å². The van der Waals surface area contributed by atoms with Crippen LogP contribution in [-0.4, -0.2) is 10.8 Å². The van der Waals surface area contributed by atoms with Gasteiger partial charge in [0.15, 0.2) is 0 Å². The van der Waals surface area contributed by atoms with Gasteiger partial charge in [-0.3, -0.25) is 14.9 Å². The predicted octanol–water partition coefficient (Wildman–Crippen LogP) is 1.10. The highest BCUT2D eigenvalue weighted by atomic mass is 16.6. The summed E-state index contributed by atoms with van der Waals surface area (Å²) in [6, 6.07) is 4.54. The lowest BCUT2D eigenvalue weighted by atomic mass is 10.1. The normalized spacial score (nSPS) is 13.7. The maximum absolute atomic E-state index is 10.9. The number of carbonyl (C=O) groups excluding carboxylic acids is 1. The largest absolute Gasteiger partial charge is 0.325 e. The van der Waals surface area contributed by atoms with E-state index in [0.717, 1.165) is 0 Å². The fourth-order valence-corrected chi connectivity index (χ4v) is 1.27. The van der Waals surface area contributed by atoms with Gasteiger partial charge in [-0.05, 0) is 6.07 Å². The van der Waals surface area contributed by atoms with Gasteiger partial charge in [0, 0.05) is 6.07 Å². The molecule has 13 heavy (non-hydrogen) atoms. The summed E-state index contributed by atoms with van der Waals surface area (Å²) in [4.78, 5) is 20.9. The lowest BCUT2D eigenvalue weighted by Gasteiger charge is -1.97. The first-order chi connectivity index (χ1) is 6.18. The first-order valence-electron chi connectivity index (χ1n) is 3.61. The van der Waals surface area contributed by atoms with E-state index in [-0.39, 0.29) is 11.6 Å². The first-order valence-corrected chi connectivity index (χ1v) is 3.61. The molecule has 0 saturated heterocycles. The molecule has 1 heterocycles. The summed E-state index contributed by atoms with van der Waals surface area (Å²) in [7, 11) is 0. The third-order valence-corrected chi connectivity index (χ3v) is 1.81. The van der Waals surface area contributed by atoms with Crippen molar-refractivity contribution in [1.29, 1.82) is 0 Å². The van der Waals surface area contributed by atoms with Gasteiger partial charge in [0.25, 0.3) is 5.69 Å². The molecule has 0 fully saturated rings. The van der Waals surface area contributed by atoms with Crippen molar-refractivity contribution < 1.29 is 9.72 Å². The topological polar surface area (TPSA) is 72.2 Å². The van der Waals surface area contributed by atoms with Crippen LogP contribution >= 0.6 is 0 Å². The van der Waals surface area contributed by atoms with E-state index in [9.17, 15) is 14.9 Å². The molecule has 0 aromatic heterocycles. The number of fused-ring (bicyclic) bond motifs is 1. The summed E-state index contributed by atoms with van der Waals surface area (Å²) < 4.78 is 0. The Bertz CT molecular complexity index is 400. The second-order valence-electron chi connectivity index (χ2n) is 2.63. The zero-order valence-electron chi connectivity index (χ0n) is 6.48. The number of carbonyl (C=O) groups is 1. The van der Waals surface area contributed by atoms with E-state index in [4.69, 9.17) is 0 Å². The van der Waals surface area contributed by atoms with Crippen molar-refractivity contribution in [1.82, 2.24) is 0 Å². The number of rotatable bonds is 1. The lowest BCUT2D eigenvalue weighted by Crippen LogP contribution is -2.01. The molecule has 0 saturated carbocycles. The van der Waals surface area contributed by atoms with Gasteiger partial charge in [0.2, 0.25) is 5.91 Å². The van der Waals surface area contributed by atoms with Crippen LogP contribution in [0.25, 0.3) is 0 Å². The number of hydrogen-bond donors (Lipinski definition) is 1. The molecule has 1 N–H and O–H groups in total. The van der Waals surface area contributed by atoms with Crippen molar-refractivity contribution in [3.05, 3.63) is 40.3 Å². The molecule has 1 aromatic rings. The Morgan fingerprint density at radius 2 is 2.15 bits per heavy atom. The van der Waals surface area contributed by atoms with Crippen LogP contribution < -0.4 is 5.32 Å². The summed E-state index contributed by atoms with van der Waals surface area (Å²) >= 11 is 0. The maximum atomic E-state index is 10.9. The summed E-state index contributed by atoms with van der Waals surface area (Å²) in [5, 5.41) is 13.0. The van der Waals surface area contributed by atoms with Crippen molar-refractivity contribution >= 4 is 17.3 Å². The van der Waals surface area contributed by atoms with Crippen LogP contribution in [0.15, 0.2) is 18.2 Å². The number of nitrogens with one attached hydrogen (secondary N) is 1. The van der Waals surface area contributed by atoms with E-state index in [1.54, 1.807) is 6.07 Å². The van der Waals surface area contributed by atoms with Gasteiger partial charge >= 0.3 is 0 Å². The fraction of sp³-hybridized carbons (Fsp3) is 0. The number of amides is 1. The minimum atomic E-state index is -0.504. The fourth-order valence-electron chi connectivity index (χ4n) is 1.27. The number of nitro benzene ring substituents is 1. The Balaban J connectivity index is 2.57. The van der Waals surface area contributed by atoms with E-state index in [1.165, 1.54) is 18.6 Å². The van der Waals surface area contributed by atoms with Crippen LogP contribution in [-0.2, 0) is 4.79 Å². The van der Waals surface area contributed by atoms with Crippen LogP contribution in [0.5, 0.6) is 0 Å². The van der Waals surface area contributed by atoms with E-state index >= 15 is 0 Å². The third-order valence-electron chi connectivity index (χ3n) is 1.81. The van der Waals surface area contributed by atoms with Crippen molar-refractivity contribution in [3.63, 3.8) is 0 Å². The van der Waals surface area contributed by atoms with Gasteiger partial charge < -0.3 is 5.32 Å². The van der Waals surface area contributed by atoms with Gasteiger partial charge in [0.05, 0.1) is 22.6 Å². The Hall–Kier alpha value is -1.91. The molecule has 0 atom stereocenters. The Kier molecular flexibility index (Phi) is 1.51. The van der Waals surface area contributed by atoms with Gasteiger partial charge in [-0.25, -0.2) is 0 Å². The van der Waals surface area contributed by atoms with Gasteiger partial charge in [-0.15, -0.1) is 0 Å². The lowest BCUT2D eigenvalue weighted by molar-refractivity contribution is -0.385. The minimum Gasteiger partial charge on any atom is -0.325 e. The standard InChI is InChI=1S/C8H5N2O3/c11-8-4-5-6(9-8)2-1-3-7(5)10(12)13/h1-4H,(H,9,11). The molecule has 0 unspecified atom stereocenters. The van der Waals surface area contributed by atoms with Gasteiger partial charge in [0.1, 0.15) is 0 Å². The molecule has 1 aliphatic rings. The molecule has 1 radical (unpaired) electrons. The molecule has 0 aliphatic carbocycles. The highest BCUT2D eigenvalue weighted by Gasteiger charge is 2.26. The molecule has 0 bridgehead atoms. The zero-order chi connectivity index (χ0) is 9.42. The molecule has 2 rings (SSSR count). The van der Waals surface area contributed by atoms with Crippen molar-refractivity contribution in [3.8, 4) is 0 Å². The molecule has 65 valence electrons. The zero-order valence-corrected chi connectivity index (χ0v) is 6.48. The van der Waals surface area contributed by atoms with E-state index in [2.05, 4.69) is 5.32 Å². The monoisotopic (exact) mass is 177 g/mol. The Morgan fingerprint density at radius 3 is 2.85 bits per heavy atom. The van der Waals surface area contributed by atoms with Crippen molar-refractivity contribution in [2.24, 2.45) is 0 Å². The Morgan fingerprint density at radius 1 is 1.38 bits per heavy atom. The third kappa shape index (κ3) is 1.14. The average Bonchev–Trinajstić information content (AvgIpc) is 2.43. The number of nitro groups is 1. The summed E-state index contributed by atoms with van der Waals surface area (Å²) in [5.74, 6) is -0.315. The molecular formula is C8H5N2O3. The van der Waals surface area contributed by atoms with Crippen LogP contribution in [0.1, 0.15) is 5.56 Å². The summed E-state index contributed by atoms with van der Waals surface area (Å²) in [6.07, 6.45) is 1.23. The molecule has 1 aliphatic heterocycles. The number of hydrogen-bond acceptors (Lipinski definition) is 3. The van der Waals surface area contributed by atoms with Crippen molar-refractivity contribution in [2.45, 2.75) is 0 Å². The molecule has 1 aromatic carbocycles. The Labute approximate surface area is 73.5 Å². The van der Waals surface area contributed by atoms with E-state index in [1.807, 2.05) is 0 Å². The minimum absolute atomic E-state index is 0.0455. The quantitative estimate of drug-likeness (QED) is 0.515. The second kappa shape index (κ2) is 2.55. The van der Waals surface area contributed by atoms with Crippen LogP contribution in [0.4, 0.5) is 11.4 Å². The van der Waals surface area contributed by atoms with Gasteiger partial charge in [-0.2, -0.15) is 0 Å². The number of nitrogens with zero attached hydrogens (tertiary/aromatic N) is 1. The average molecular weight is 177 g/mol. The smallest absolute Gasteiger partial charge is 0.275 e. The maximum Gasteiger partial charge on any atom is 0.275 e.